The van der Waals surface area contributed by atoms with Crippen LogP contribution in [0.3, 0.4) is 0 Å². The van der Waals surface area contributed by atoms with Gasteiger partial charge in [0.05, 0.1) is 5.56 Å². The molecule has 1 aliphatic heterocycles. The van der Waals surface area contributed by atoms with Gasteiger partial charge >= 0.3 is 17.9 Å². The van der Waals surface area contributed by atoms with E-state index in [1.54, 1.807) is 24.3 Å². The number of amides is 1. The van der Waals surface area contributed by atoms with Gasteiger partial charge in [-0.05, 0) is 42.5 Å². The lowest BCUT2D eigenvalue weighted by Gasteiger charge is -2.19. The van der Waals surface area contributed by atoms with Gasteiger partial charge in [0, 0.05) is 33.3 Å². The van der Waals surface area contributed by atoms with Crippen LogP contribution in [0.15, 0.2) is 47.6 Å². The fourth-order valence-corrected chi connectivity index (χ4v) is 2.91. The van der Waals surface area contributed by atoms with Gasteiger partial charge in [-0.25, -0.2) is 0 Å². The van der Waals surface area contributed by atoms with Crippen molar-refractivity contribution in [3.8, 4) is 17.2 Å². The van der Waals surface area contributed by atoms with Gasteiger partial charge < -0.3 is 18.9 Å². The van der Waals surface area contributed by atoms with Crippen molar-refractivity contribution >= 4 is 29.7 Å². The smallest absolute Gasteiger partial charge is 0.308 e. The number of carbonyl (C=O) groups is 4. The Balaban J connectivity index is 1.97. The Morgan fingerprint density at radius 1 is 0.812 bits per heavy atom. The van der Waals surface area contributed by atoms with Gasteiger partial charge in [-0.1, -0.05) is 0 Å². The highest BCUT2D eigenvalue weighted by Gasteiger charge is 2.34. The standard InChI is InChI=1S/C22H20N2O8/c1-12(25)24-22(16-5-7-17(8-6-16)29-13(2)26)32-21(23-24)19-11-18(30-14(3)27)9-10-20(19)31-15(4)28/h5-11,22H,1-4H3. The molecule has 1 amide bonds. The Bertz CT molecular complexity index is 1110. The predicted molar refractivity (Wildman–Crippen MR) is 110 cm³/mol. The summed E-state index contributed by atoms with van der Waals surface area (Å²) in [6, 6.07) is 10.7. The van der Waals surface area contributed by atoms with Crippen LogP contribution in [0.5, 0.6) is 17.2 Å². The van der Waals surface area contributed by atoms with E-state index in [0.717, 1.165) is 5.01 Å². The number of benzene rings is 2. The van der Waals surface area contributed by atoms with E-state index in [-0.39, 0.29) is 23.0 Å². The lowest BCUT2D eigenvalue weighted by atomic mass is 10.1. The zero-order chi connectivity index (χ0) is 23.4. The van der Waals surface area contributed by atoms with Crippen molar-refractivity contribution in [2.24, 2.45) is 5.10 Å². The van der Waals surface area contributed by atoms with Crippen molar-refractivity contribution in [2.75, 3.05) is 0 Å². The summed E-state index contributed by atoms with van der Waals surface area (Å²) in [6.07, 6.45) is -0.920. The molecule has 2 aromatic carbocycles. The Labute approximate surface area is 183 Å². The SMILES string of the molecule is CC(=O)Oc1ccc(C2OC(c3cc(OC(C)=O)ccc3OC(C)=O)=NN2C(C)=O)cc1. The van der Waals surface area contributed by atoms with Crippen LogP contribution in [-0.2, 0) is 23.9 Å². The molecular weight excluding hydrogens is 420 g/mol. The molecule has 0 bridgehead atoms. The predicted octanol–water partition coefficient (Wildman–Crippen LogP) is 2.70. The summed E-state index contributed by atoms with van der Waals surface area (Å²) in [5.74, 6) is -1.37. The molecule has 0 aliphatic carbocycles. The summed E-state index contributed by atoms with van der Waals surface area (Å²) in [6.45, 7) is 5.08. The Morgan fingerprint density at radius 2 is 1.38 bits per heavy atom. The van der Waals surface area contributed by atoms with Crippen molar-refractivity contribution in [3.63, 3.8) is 0 Å². The average molecular weight is 440 g/mol. The number of ether oxygens (including phenoxy) is 4. The zero-order valence-corrected chi connectivity index (χ0v) is 17.8. The Hall–Kier alpha value is -4.21. The second-order valence-electron chi connectivity index (χ2n) is 6.75. The topological polar surface area (TPSA) is 121 Å². The molecular formula is C22H20N2O8. The summed E-state index contributed by atoms with van der Waals surface area (Å²) in [7, 11) is 0. The summed E-state index contributed by atoms with van der Waals surface area (Å²) in [5, 5.41) is 5.35. The number of nitrogens with zero attached hydrogens (tertiary/aromatic N) is 2. The van der Waals surface area contributed by atoms with Gasteiger partial charge in [0.15, 0.2) is 0 Å². The molecule has 10 nitrogen and oxygen atoms in total. The van der Waals surface area contributed by atoms with Crippen LogP contribution in [0.25, 0.3) is 0 Å². The van der Waals surface area contributed by atoms with Crippen LogP contribution in [-0.4, -0.2) is 34.7 Å². The molecule has 0 saturated carbocycles. The van der Waals surface area contributed by atoms with E-state index in [9.17, 15) is 19.2 Å². The van der Waals surface area contributed by atoms with Crippen LogP contribution in [0.1, 0.15) is 45.0 Å². The van der Waals surface area contributed by atoms with Crippen LogP contribution in [0.4, 0.5) is 0 Å². The molecule has 1 aliphatic rings. The number of hydrazone groups is 1. The first-order valence-electron chi connectivity index (χ1n) is 9.48. The molecule has 32 heavy (non-hydrogen) atoms. The third-order valence-electron chi connectivity index (χ3n) is 4.09. The molecule has 166 valence electrons. The van der Waals surface area contributed by atoms with Gasteiger partial charge in [-0.15, -0.1) is 5.10 Å². The van der Waals surface area contributed by atoms with Crippen LogP contribution < -0.4 is 14.2 Å². The molecule has 0 spiro atoms. The largest absolute Gasteiger partial charge is 0.446 e. The van der Waals surface area contributed by atoms with Crippen LogP contribution in [0, 0.1) is 0 Å². The minimum Gasteiger partial charge on any atom is -0.446 e. The van der Waals surface area contributed by atoms with E-state index in [0.29, 0.717) is 11.3 Å². The van der Waals surface area contributed by atoms with Gasteiger partial charge in [0.2, 0.25) is 18.0 Å². The maximum absolute atomic E-state index is 12.2. The molecule has 10 heteroatoms. The quantitative estimate of drug-likeness (QED) is 0.514. The van der Waals surface area contributed by atoms with Crippen molar-refractivity contribution in [3.05, 3.63) is 53.6 Å². The zero-order valence-electron chi connectivity index (χ0n) is 17.8. The third-order valence-corrected chi connectivity index (χ3v) is 4.09. The first-order valence-corrected chi connectivity index (χ1v) is 9.48. The van der Waals surface area contributed by atoms with Crippen molar-refractivity contribution in [2.45, 2.75) is 33.9 Å². The third kappa shape index (κ3) is 5.28. The number of esters is 3. The molecule has 0 aromatic heterocycles. The molecule has 0 fully saturated rings. The van der Waals surface area contributed by atoms with Gasteiger partial charge in [0.25, 0.3) is 0 Å². The fraction of sp³-hybridized carbons (Fsp3) is 0.227. The molecule has 0 saturated heterocycles. The van der Waals surface area contributed by atoms with Crippen LogP contribution >= 0.6 is 0 Å². The molecule has 2 aromatic rings. The van der Waals surface area contributed by atoms with Gasteiger partial charge in [-0.3, -0.25) is 19.2 Å². The molecule has 1 heterocycles. The van der Waals surface area contributed by atoms with Crippen molar-refractivity contribution in [1.29, 1.82) is 0 Å². The lowest BCUT2D eigenvalue weighted by Crippen LogP contribution is -2.25. The lowest BCUT2D eigenvalue weighted by molar-refractivity contribution is -0.135. The van der Waals surface area contributed by atoms with E-state index in [1.807, 2.05) is 0 Å². The fourth-order valence-electron chi connectivity index (χ4n) is 2.91. The monoisotopic (exact) mass is 440 g/mol. The molecule has 0 N–H and O–H groups in total. The number of hydrogen-bond donors (Lipinski definition) is 0. The van der Waals surface area contributed by atoms with E-state index in [1.165, 1.54) is 45.9 Å². The minimum absolute atomic E-state index is 0.0143. The van der Waals surface area contributed by atoms with Crippen molar-refractivity contribution < 1.29 is 38.1 Å². The van der Waals surface area contributed by atoms with E-state index < -0.39 is 30.0 Å². The maximum atomic E-state index is 12.2. The maximum Gasteiger partial charge on any atom is 0.308 e. The first kappa shape index (κ1) is 22.5. The van der Waals surface area contributed by atoms with E-state index >= 15 is 0 Å². The summed E-state index contributed by atoms with van der Waals surface area (Å²) < 4.78 is 21.2. The van der Waals surface area contributed by atoms with Crippen molar-refractivity contribution in [1.82, 2.24) is 5.01 Å². The highest BCUT2D eigenvalue weighted by atomic mass is 16.6. The Kier molecular flexibility index (Phi) is 6.53. The second kappa shape index (κ2) is 9.29. The van der Waals surface area contributed by atoms with E-state index in [4.69, 9.17) is 18.9 Å². The number of hydrogen-bond acceptors (Lipinski definition) is 9. The molecule has 1 atom stereocenters. The van der Waals surface area contributed by atoms with Gasteiger partial charge in [-0.2, -0.15) is 5.01 Å². The minimum atomic E-state index is -0.920. The normalized spacial score (nSPS) is 14.8. The van der Waals surface area contributed by atoms with Crippen LogP contribution in [0.2, 0.25) is 0 Å². The molecule has 0 radical (unpaired) electrons. The first-order chi connectivity index (χ1) is 15.1. The number of carbonyl (C=O) groups excluding carboxylic acids is 4. The Morgan fingerprint density at radius 3 is 1.94 bits per heavy atom. The molecule has 3 rings (SSSR count). The van der Waals surface area contributed by atoms with Gasteiger partial charge in [0.1, 0.15) is 17.2 Å². The highest BCUT2D eigenvalue weighted by molar-refractivity contribution is 6.00. The number of rotatable bonds is 5. The average Bonchev–Trinajstić information content (AvgIpc) is 3.14. The summed E-state index contributed by atoms with van der Waals surface area (Å²) in [5.41, 5.74) is 0.768. The van der Waals surface area contributed by atoms with E-state index in [2.05, 4.69) is 5.10 Å². The molecule has 1 unspecified atom stereocenters. The second-order valence-corrected chi connectivity index (χ2v) is 6.75. The summed E-state index contributed by atoms with van der Waals surface area (Å²) >= 11 is 0. The highest BCUT2D eigenvalue weighted by Crippen LogP contribution is 2.35. The summed E-state index contributed by atoms with van der Waals surface area (Å²) in [4.78, 5) is 46.2.